The first kappa shape index (κ1) is 13.3. The van der Waals surface area contributed by atoms with Gasteiger partial charge in [-0.25, -0.2) is 4.39 Å². The smallest absolute Gasteiger partial charge is 0.124 e. The first-order chi connectivity index (χ1) is 8.86. The van der Waals surface area contributed by atoms with Gasteiger partial charge < -0.3 is 10.1 Å². The lowest BCUT2D eigenvalue weighted by Gasteiger charge is -2.34. The molecule has 1 heterocycles. The van der Waals surface area contributed by atoms with Gasteiger partial charge in [0.25, 0.3) is 0 Å². The summed E-state index contributed by atoms with van der Waals surface area (Å²) in [5, 5.41) is 3.29. The molecule has 1 aliphatic heterocycles. The third kappa shape index (κ3) is 3.00. The van der Waals surface area contributed by atoms with Crippen LogP contribution in [0.15, 0.2) is 24.3 Å². The highest BCUT2D eigenvalue weighted by Gasteiger charge is 2.24. The van der Waals surface area contributed by atoms with Crippen molar-refractivity contribution in [1.29, 1.82) is 0 Å². The van der Waals surface area contributed by atoms with Crippen LogP contribution in [0.1, 0.15) is 18.5 Å². The minimum Gasteiger partial charge on any atom is -0.494 e. The molecular weight excluding hydrogens is 231 g/mol. The number of hydrogen-bond donors (Lipinski definition) is 1. The van der Waals surface area contributed by atoms with Crippen LogP contribution in [0.2, 0.25) is 0 Å². The van der Waals surface area contributed by atoms with Gasteiger partial charge in [-0.05, 0) is 13.0 Å². The number of nitrogens with zero attached hydrogens (tertiary/aromatic N) is 1. The van der Waals surface area contributed by atoms with Gasteiger partial charge in [-0.15, -0.1) is 0 Å². The van der Waals surface area contributed by atoms with Gasteiger partial charge in [0.1, 0.15) is 12.4 Å². The monoisotopic (exact) mass is 252 g/mol. The van der Waals surface area contributed by atoms with Crippen molar-refractivity contribution in [1.82, 2.24) is 10.2 Å². The highest BCUT2D eigenvalue weighted by Crippen LogP contribution is 2.30. The Morgan fingerprint density at radius 3 is 2.72 bits per heavy atom. The molecule has 0 aromatic heterocycles. The minimum absolute atomic E-state index is 0.185. The van der Waals surface area contributed by atoms with E-state index in [-0.39, 0.29) is 12.7 Å². The molecule has 0 bridgehead atoms. The van der Waals surface area contributed by atoms with Crippen LogP contribution in [-0.4, -0.2) is 44.4 Å². The number of para-hydroxylation sites is 1. The van der Waals surface area contributed by atoms with Crippen molar-refractivity contribution in [3.05, 3.63) is 29.8 Å². The molecule has 1 N–H and O–H groups in total. The summed E-state index contributed by atoms with van der Waals surface area (Å²) in [6.45, 7) is 5.80. The summed E-state index contributed by atoms with van der Waals surface area (Å²) in [5.74, 6) is 0.807. The topological polar surface area (TPSA) is 24.5 Å². The van der Waals surface area contributed by atoms with Crippen molar-refractivity contribution in [2.75, 3.05) is 39.5 Å². The lowest BCUT2D eigenvalue weighted by atomic mass is 10.0. The molecule has 100 valence electrons. The summed E-state index contributed by atoms with van der Waals surface area (Å²) in [6, 6.07) is 7.58. The van der Waals surface area contributed by atoms with Gasteiger partial charge in [0, 0.05) is 31.7 Å². The number of benzene rings is 1. The fourth-order valence-electron chi connectivity index (χ4n) is 2.41. The van der Waals surface area contributed by atoms with Crippen molar-refractivity contribution >= 4 is 0 Å². The zero-order chi connectivity index (χ0) is 12.8. The summed E-state index contributed by atoms with van der Waals surface area (Å²) in [6.07, 6.45) is 0. The van der Waals surface area contributed by atoms with Gasteiger partial charge in [-0.2, -0.15) is 0 Å². The molecule has 0 aliphatic carbocycles. The number of hydrogen-bond acceptors (Lipinski definition) is 3. The second kappa shape index (κ2) is 6.71. The van der Waals surface area contributed by atoms with E-state index in [4.69, 9.17) is 4.74 Å². The molecule has 0 unspecified atom stereocenters. The predicted octanol–water partition coefficient (Wildman–Crippen LogP) is 2.00. The minimum atomic E-state index is -0.371. The molecule has 0 amide bonds. The van der Waals surface area contributed by atoms with E-state index in [9.17, 15) is 4.39 Å². The second-order valence-corrected chi connectivity index (χ2v) is 4.43. The van der Waals surface area contributed by atoms with E-state index in [0.717, 1.165) is 37.5 Å². The van der Waals surface area contributed by atoms with E-state index >= 15 is 0 Å². The maximum atomic E-state index is 13.4. The molecule has 1 aromatic rings. The van der Waals surface area contributed by atoms with Crippen molar-refractivity contribution in [2.24, 2.45) is 0 Å². The van der Waals surface area contributed by atoms with Crippen molar-refractivity contribution in [3.63, 3.8) is 0 Å². The van der Waals surface area contributed by atoms with Crippen LogP contribution in [0, 0.1) is 0 Å². The van der Waals surface area contributed by atoms with Gasteiger partial charge in [-0.3, -0.25) is 4.90 Å². The first-order valence-corrected chi connectivity index (χ1v) is 6.59. The van der Waals surface area contributed by atoms with Crippen LogP contribution in [0.25, 0.3) is 0 Å². The number of ether oxygens (including phenoxy) is 1. The van der Waals surface area contributed by atoms with E-state index in [1.54, 1.807) is 0 Å². The molecule has 2 rings (SSSR count). The van der Waals surface area contributed by atoms with Gasteiger partial charge in [0.05, 0.1) is 12.6 Å². The Bertz CT molecular complexity index is 367. The molecule has 0 radical (unpaired) electrons. The summed E-state index contributed by atoms with van der Waals surface area (Å²) in [4.78, 5) is 2.19. The average Bonchev–Trinajstić information content (AvgIpc) is 2.43. The van der Waals surface area contributed by atoms with Crippen molar-refractivity contribution < 1.29 is 9.13 Å². The summed E-state index contributed by atoms with van der Waals surface area (Å²) in [7, 11) is 0. The van der Waals surface area contributed by atoms with Crippen molar-refractivity contribution in [3.8, 4) is 5.75 Å². The lowest BCUT2D eigenvalue weighted by molar-refractivity contribution is 0.144. The van der Waals surface area contributed by atoms with Gasteiger partial charge >= 0.3 is 0 Å². The Morgan fingerprint density at radius 2 is 2.06 bits per heavy atom. The number of nitrogens with one attached hydrogen (secondary N) is 1. The molecule has 0 spiro atoms. The van der Waals surface area contributed by atoms with E-state index in [1.165, 1.54) is 0 Å². The molecule has 1 aliphatic rings. The Labute approximate surface area is 108 Å². The number of piperazine rings is 1. The number of rotatable bonds is 5. The summed E-state index contributed by atoms with van der Waals surface area (Å²) < 4.78 is 19.0. The third-order valence-corrected chi connectivity index (χ3v) is 3.32. The third-order valence-electron chi connectivity index (χ3n) is 3.32. The maximum Gasteiger partial charge on any atom is 0.124 e. The molecule has 1 atom stereocenters. The normalized spacial score (nSPS) is 18.6. The molecule has 1 saturated heterocycles. The molecule has 1 fully saturated rings. The lowest BCUT2D eigenvalue weighted by Crippen LogP contribution is -2.45. The van der Waals surface area contributed by atoms with Crippen LogP contribution >= 0.6 is 0 Å². The SMILES string of the molecule is CCOc1ccccc1[C@@H](CF)N1CCNCC1. The molecule has 0 saturated carbocycles. The van der Waals surface area contributed by atoms with Crippen LogP contribution in [0.5, 0.6) is 5.75 Å². The molecular formula is C14H21FN2O. The van der Waals surface area contributed by atoms with Gasteiger partial charge in [0.2, 0.25) is 0 Å². The predicted molar refractivity (Wildman–Crippen MR) is 70.8 cm³/mol. The van der Waals surface area contributed by atoms with Crippen LogP contribution in [0.3, 0.4) is 0 Å². The Balaban J connectivity index is 2.20. The summed E-state index contributed by atoms with van der Waals surface area (Å²) in [5.41, 5.74) is 0.962. The fraction of sp³-hybridized carbons (Fsp3) is 0.571. The highest BCUT2D eigenvalue weighted by molar-refractivity contribution is 5.36. The average molecular weight is 252 g/mol. The van der Waals surface area contributed by atoms with Gasteiger partial charge in [-0.1, -0.05) is 18.2 Å². The second-order valence-electron chi connectivity index (χ2n) is 4.43. The van der Waals surface area contributed by atoms with E-state index < -0.39 is 0 Å². The number of alkyl halides is 1. The van der Waals surface area contributed by atoms with E-state index in [2.05, 4.69) is 10.2 Å². The molecule has 3 nitrogen and oxygen atoms in total. The van der Waals surface area contributed by atoms with Crippen LogP contribution in [0.4, 0.5) is 4.39 Å². The summed E-state index contributed by atoms with van der Waals surface area (Å²) >= 11 is 0. The zero-order valence-electron chi connectivity index (χ0n) is 10.9. The van der Waals surface area contributed by atoms with Crippen LogP contribution < -0.4 is 10.1 Å². The maximum absolute atomic E-state index is 13.4. The molecule has 18 heavy (non-hydrogen) atoms. The fourth-order valence-corrected chi connectivity index (χ4v) is 2.41. The van der Waals surface area contributed by atoms with Crippen molar-refractivity contribution in [2.45, 2.75) is 13.0 Å². The van der Waals surface area contributed by atoms with E-state index in [1.807, 2.05) is 31.2 Å². The Morgan fingerprint density at radius 1 is 1.33 bits per heavy atom. The molecule has 1 aromatic carbocycles. The quantitative estimate of drug-likeness (QED) is 0.867. The number of halogens is 1. The molecule has 4 heteroatoms. The largest absolute Gasteiger partial charge is 0.494 e. The standard InChI is InChI=1S/C14H21FN2O/c1-2-18-14-6-4-3-5-12(14)13(11-15)17-9-7-16-8-10-17/h3-6,13,16H,2,7-11H2,1H3/t13-/m1/s1. The highest BCUT2D eigenvalue weighted by atomic mass is 19.1. The van der Waals surface area contributed by atoms with E-state index in [0.29, 0.717) is 6.61 Å². The zero-order valence-corrected chi connectivity index (χ0v) is 10.9. The Kier molecular flexibility index (Phi) is 4.96. The Hall–Kier alpha value is -1.13. The first-order valence-electron chi connectivity index (χ1n) is 6.59. The van der Waals surface area contributed by atoms with Crippen LogP contribution in [-0.2, 0) is 0 Å². The van der Waals surface area contributed by atoms with Gasteiger partial charge in [0.15, 0.2) is 0 Å².